The molecule has 1 saturated heterocycles. The molecule has 2 atom stereocenters. The lowest BCUT2D eigenvalue weighted by Gasteiger charge is -2.33. The quantitative estimate of drug-likeness (QED) is 0.648. The number of morpholine rings is 1. The van der Waals surface area contributed by atoms with Crippen LogP contribution in [0.2, 0.25) is 0 Å². The van der Waals surface area contributed by atoms with Crippen LogP contribution in [-0.4, -0.2) is 66.2 Å². The number of thiophene rings is 1. The zero-order valence-corrected chi connectivity index (χ0v) is 18.3. The van der Waals surface area contributed by atoms with Crippen molar-refractivity contribution >= 4 is 39.0 Å². The first kappa shape index (κ1) is 21.6. The van der Waals surface area contributed by atoms with Gasteiger partial charge in [0.05, 0.1) is 23.7 Å². The summed E-state index contributed by atoms with van der Waals surface area (Å²) in [6, 6.07) is 1.29. The van der Waals surface area contributed by atoms with E-state index in [1.807, 2.05) is 5.38 Å². The zero-order chi connectivity index (χ0) is 21.3. The van der Waals surface area contributed by atoms with Crippen LogP contribution in [0.3, 0.4) is 0 Å². The predicted octanol–water partition coefficient (Wildman–Crippen LogP) is 3.43. The van der Waals surface area contributed by atoms with Crippen LogP contribution < -0.4 is 10.6 Å². The Kier molecular flexibility index (Phi) is 6.37. The molecular weight excluding hydrogens is 487 g/mol. The van der Waals surface area contributed by atoms with E-state index in [2.05, 4.69) is 36.6 Å². The van der Waals surface area contributed by atoms with Crippen LogP contribution in [0.5, 0.6) is 0 Å². The maximum atomic E-state index is 13.8. The van der Waals surface area contributed by atoms with Crippen molar-refractivity contribution in [2.75, 3.05) is 44.7 Å². The fraction of sp³-hybridized carbons (Fsp3) is 0.556. The SMILES string of the molecule is O=C(NCCN1CCOCC1)c1nn2c(c1Br)N[C@@H](c1cccs1)C[C@H]2C(F)(F)F. The number of aromatic nitrogens is 2. The van der Waals surface area contributed by atoms with Gasteiger partial charge in [-0.2, -0.15) is 18.3 Å². The van der Waals surface area contributed by atoms with E-state index >= 15 is 0 Å². The second kappa shape index (κ2) is 8.85. The molecule has 0 saturated carbocycles. The highest BCUT2D eigenvalue weighted by Crippen LogP contribution is 2.46. The number of nitrogens with zero attached hydrogens (tertiary/aromatic N) is 3. The third-order valence-electron chi connectivity index (χ3n) is 5.21. The van der Waals surface area contributed by atoms with E-state index in [0.29, 0.717) is 26.3 Å². The summed E-state index contributed by atoms with van der Waals surface area (Å²) in [5.41, 5.74) is -0.0550. The summed E-state index contributed by atoms with van der Waals surface area (Å²) >= 11 is 4.69. The van der Waals surface area contributed by atoms with Gasteiger partial charge in [0, 0.05) is 37.5 Å². The minimum atomic E-state index is -4.48. The van der Waals surface area contributed by atoms with Gasteiger partial charge >= 0.3 is 6.18 Å². The highest BCUT2D eigenvalue weighted by Gasteiger charge is 2.47. The van der Waals surface area contributed by atoms with Gasteiger partial charge in [0.1, 0.15) is 5.82 Å². The highest BCUT2D eigenvalue weighted by atomic mass is 79.9. The first-order valence-corrected chi connectivity index (χ1v) is 11.2. The molecule has 2 aromatic heterocycles. The fourth-order valence-corrected chi connectivity index (χ4v) is 4.99. The van der Waals surface area contributed by atoms with E-state index in [4.69, 9.17) is 4.74 Å². The van der Waals surface area contributed by atoms with Crippen molar-refractivity contribution in [2.45, 2.75) is 24.7 Å². The Morgan fingerprint density at radius 1 is 1.40 bits per heavy atom. The molecule has 30 heavy (non-hydrogen) atoms. The monoisotopic (exact) mass is 507 g/mol. The molecule has 2 N–H and O–H groups in total. The number of ether oxygens (including phenoxy) is 1. The van der Waals surface area contributed by atoms with Crippen molar-refractivity contribution in [3.63, 3.8) is 0 Å². The topological polar surface area (TPSA) is 71.4 Å². The number of amides is 1. The normalized spacial score (nSPS) is 22.4. The number of hydrogen-bond acceptors (Lipinski definition) is 6. The molecule has 2 aliphatic rings. The first-order valence-electron chi connectivity index (χ1n) is 9.57. The zero-order valence-electron chi connectivity index (χ0n) is 15.9. The summed E-state index contributed by atoms with van der Waals surface area (Å²) in [5, 5.41) is 11.7. The molecule has 2 aliphatic heterocycles. The van der Waals surface area contributed by atoms with Gasteiger partial charge in [0.2, 0.25) is 0 Å². The van der Waals surface area contributed by atoms with Gasteiger partial charge < -0.3 is 15.4 Å². The van der Waals surface area contributed by atoms with Crippen molar-refractivity contribution < 1.29 is 22.7 Å². The average molecular weight is 508 g/mol. The Morgan fingerprint density at radius 2 is 2.17 bits per heavy atom. The molecule has 0 spiro atoms. The molecule has 0 bridgehead atoms. The van der Waals surface area contributed by atoms with E-state index in [1.165, 1.54) is 11.3 Å². The maximum absolute atomic E-state index is 13.8. The third kappa shape index (κ3) is 4.51. The van der Waals surface area contributed by atoms with E-state index < -0.39 is 24.2 Å². The Balaban J connectivity index is 1.51. The van der Waals surface area contributed by atoms with Gasteiger partial charge in [-0.1, -0.05) is 6.07 Å². The Morgan fingerprint density at radius 3 is 2.83 bits per heavy atom. The Labute approximate surface area is 183 Å². The summed E-state index contributed by atoms with van der Waals surface area (Å²) in [5.74, 6) is -0.340. The van der Waals surface area contributed by atoms with Crippen molar-refractivity contribution in [1.82, 2.24) is 20.0 Å². The number of rotatable bonds is 5. The smallest absolute Gasteiger partial charge is 0.379 e. The molecule has 2 aromatic rings. The molecule has 7 nitrogen and oxygen atoms in total. The van der Waals surface area contributed by atoms with Crippen molar-refractivity contribution in [3.05, 3.63) is 32.6 Å². The largest absolute Gasteiger partial charge is 0.410 e. The molecule has 0 unspecified atom stereocenters. The maximum Gasteiger partial charge on any atom is 0.410 e. The fourth-order valence-electron chi connectivity index (χ4n) is 3.65. The number of hydrogen-bond donors (Lipinski definition) is 2. The molecule has 4 heterocycles. The molecule has 0 aliphatic carbocycles. The predicted molar refractivity (Wildman–Crippen MR) is 110 cm³/mol. The van der Waals surface area contributed by atoms with Gasteiger partial charge in [-0.15, -0.1) is 11.3 Å². The van der Waals surface area contributed by atoms with E-state index in [9.17, 15) is 18.0 Å². The number of carbonyl (C=O) groups excluding carboxylic acids is 1. The van der Waals surface area contributed by atoms with Gasteiger partial charge in [-0.25, -0.2) is 4.68 Å². The molecule has 12 heteroatoms. The molecule has 0 radical (unpaired) electrons. The molecule has 1 amide bonds. The number of halogens is 4. The number of alkyl halides is 3. The second-order valence-electron chi connectivity index (χ2n) is 7.17. The van der Waals surface area contributed by atoms with Crippen molar-refractivity contribution in [3.8, 4) is 0 Å². The number of anilines is 1. The number of nitrogens with one attached hydrogen (secondary N) is 2. The van der Waals surface area contributed by atoms with Crippen molar-refractivity contribution in [2.24, 2.45) is 0 Å². The average Bonchev–Trinajstić information content (AvgIpc) is 3.36. The van der Waals surface area contributed by atoms with Crippen LogP contribution in [0.15, 0.2) is 22.0 Å². The van der Waals surface area contributed by atoms with E-state index in [1.54, 1.807) is 12.1 Å². The van der Waals surface area contributed by atoms with Gasteiger partial charge in [0.25, 0.3) is 5.91 Å². The minimum Gasteiger partial charge on any atom is -0.379 e. The summed E-state index contributed by atoms with van der Waals surface area (Å²) < 4.78 is 47.7. The summed E-state index contributed by atoms with van der Waals surface area (Å²) in [6.07, 6.45) is -4.68. The van der Waals surface area contributed by atoms with E-state index in [-0.39, 0.29) is 22.4 Å². The van der Waals surface area contributed by atoms with Gasteiger partial charge in [-0.3, -0.25) is 9.69 Å². The minimum absolute atomic E-state index is 0.0550. The van der Waals surface area contributed by atoms with Crippen LogP contribution in [0.25, 0.3) is 0 Å². The highest BCUT2D eigenvalue weighted by molar-refractivity contribution is 9.10. The standard InChI is InChI=1S/C18H21BrF3N5O2S/c19-14-15(17(28)23-3-4-26-5-7-29-8-6-26)25-27-13(18(20,21)22)10-11(24-16(14)27)12-2-1-9-30-12/h1-2,9,11,13,24H,3-8,10H2,(H,23,28)/t11-,13+/m1/s1. The second-order valence-corrected chi connectivity index (χ2v) is 8.94. The lowest BCUT2D eigenvalue weighted by molar-refractivity contribution is -0.173. The van der Waals surface area contributed by atoms with Gasteiger partial charge in [0.15, 0.2) is 11.7 Å². The summed E-state index contributed by atoms with van der Waals surface area (Å²) in [6.45, 7) is 3.91. The van der Waals surface area contributed by atoms with Crippen LogP contribution in [0.1, 0.15) is 33.9 Å². The Bertz CT molecular complexity index is 883. The molecule has 1 fully saturated rings. The van der Waals surface area contributed by atoms with Gasteiger partial charge in [-0.05, 0) is 27.4 Å². The van der Waals surface area contributed by atoms with E-state index in [0.717, 1.165) is 22.6 Å². The summed E-state index contributed by atoms with van der Waals surface area (Å²) in [4.78, 5) is 15.6. The van der Waals surface area contributed by atoms with Crippen LogP contribution >= 0.6 is 27.3 Å². The lowest BCUT2D eigenvalue weighted by atomic mass is 10.0. The first-order chi connectivity index (χ1) is 14.3. The third-order valence-corrected chi connectivity index (χ3v) is 6.95. The number of carbonyl (C=O) groups is 1. The van der Waals surface area contributed by atoms with Crippen molar-refractivity contribution in [1.29, 1.82) is 0 Å². The molecule has 164 valence electrons. The molecular formula is C18H21BrF3N5O2S. The molecule has 4 rings (SSSR count). The van der Waals surface area contributed by atoms with Crippen LogP contribution in [0, 0.1) is 0 Å². The molecule has 0 aromatic carbocycles. The number of fused-ring (bicyclic) bond motifs is 1. The summed E-state index contributed by atoms with van der Waals surface area (Å²) in [7, 11) is 0. The van der Waals surface area contributed by atoms with Crippen LogP contribution in [0.4, 0.5) is 19.0 Å². The van der Waals surface area contributed by atoms with Crippen LogP contribution in [-0.2, 0) is 4.74 Å². The lowest BCUT2D eigenvalue weighted by Crippen LogP contribution is -2.41. The Hall–Kier alpha value is -1.63.